The molecule has 2 fully saturated rings. The summed E-state index contributed by atoms with van der Waals surface area (Å²) < 4.78 is 7.96. The first-order chi connectivity index (χ1) is 7.80. The van der Waals surface area contributed by atoms with Crippen molar-refractivity contribution in [2.24, 2.45) is 7.05 Å². The second-order valence-electron chi connectivity index (χ2n) is 4.92. The molecule has 1 aliphatic heterocycles. The van der Waals surface area contributed by atoms with Crippen molar-refractivity contribution in [1.82, 2.24) is 15.1 Å². The average molecular weight is 221 g/mol. The van der Waals surface area contributed by atoms with E-state index in [0.717, 1.165) is 18.8 Å². The third-order valence-electron chi connectivity index (χ3n) is 3.85. The van der Waals surface area contributed by atoms with Gasteiger partial charge in [0.25, 0.3) is 0 Å². The number of hydrogen-bond donors (Lipinski definition) is 1. The Hall–Kier alpha value is -0.870. The van der Waals surface area contributed by atoms with Crippen molar-refractivity contribution in [2.75, 3.05) is 13.2 Å². The van der Waals surface area contributed by atoms with Crippen molar-refractivity contribution in [1.29, 1.82) is 0 Å². The molecule has 0 aromatic carbocycles. The molecule has 88 valence electrons. The zero-order valence-electron chi connectivity index (χ0n) is 9.78. The molecule has 1 unspecified atom stereocenters. The predicted octanol–water partition coefficient (Wildman–Crippen LogP) is 1.39. The van der Waals surface area contributed by atoms with Crippen LogP contribution in [-0.4, -0.2) is 28.5 Å². The van der Waals surface area contributed by atoms with Gasteiger partial charge in [0.1, 0.15) is 0 Å². The van der Waals surface area contributed by atoms with Gasteiger partial charge in [-0.1, -0.05) is 12.8 Å². The lowest BCUT2D eigenvalue weighted by Gasteiger charge is -2.41. The monoisotopic (exact) mass is 221 g/mol. The van der Waals surface area contributed by atoms with Gasteiger partial charge < -0.3 is 10.1 Å². The third-order valence-corrected chi connectivity index (χ3v) is 3.85. The first kappa shape index (κ1) is 10.3. The van der Waals surface area contributed by atoms with Gasteiger partial charge in [-0.25, -0.2) is 0 Å². The number of rotatable bonds is 1. The van der Waals surface area contributed by atoms with E-state index >= 15 is 0 Å². The molecule has 4 nitrogen and oxygen atoms in total. The van der Waals surface area contributed by atoms with E-state index in [9.17, 15) is 0 Å². The summed E-state index contributed by atoms with van der Waals surface area (Å²) in [6.07, 6.45) is 6.91. The molecule has 1 aromatic heterocycles. The van der Waals surface area contributed by atoms with E-state index in [1.54, 1.807) is 0 Å². The van der Waals surface area contributed by atoms with Gasteiger partial charge in [-0.2, -0.15) is 5.10 Å². The molecular formula is C12H19N3O. The van der Waals surface area contributed by atoms with Crippen molar-refractivity contribution in [2.45, 2.75) is 37.3 Å². The van der Waals surface area contributed by atoms with Crippen LogP contribution in [0.2, 0.25) is 0 Å². The molecule has 1 aliphatic carbocycles. The SMILES string of the molecule is Cn1ccc(C2NCCOC23CCCC3)n1. The molecule has 16 heavy (non-hydrogen) atoms. The molecule has 1 atom stereocenters. The molecule has 4 heteroatoms. The van der Waals surface area contributed by atoms with Gasteiger partial charge in [-0.3, -0.25) is 4.68 Å². The van der Waals surface area contributed by atoms with Gasteiger partial charge in [0.05, 0.1) is 23.9 Å². The van der Waals surface area contributed by atoms with E-state index in [-0.39, 0.29) is 11.6 Å². The summed E-state index contributed by atoms with van der Waals surface area (Å²) in [5.74, 6) is 0. The summed E-state index contributed by atoms with van der Waals surface area (Å²) in [5.41, 5.74) is 1.15. The first-order valence-corrected chi connectivity index (χ1v) is 6.17. The van der Waals surface area contributed by atoms with Gasteiger partial charge in [0, 0.05) is 19.8 Å². The largest absolute Gasteiger partial charge is 0.372 e. The number of nitrogens with zero attached hydrogens (tertiary/aromatic N) is 2. The molecule has 0 bridgehead atoms. The summed E-state index contributed by atoms with van der Waals surface area (Å²) in [7, 11) is 1.97. The second-order valence-corrected chi connectivity index (χ2v) is 4.92. The van der Waals surface area contributed by atoms with E-state index in [1.807, 2.05) is 17.9 Å². The molecule has 1 saturated carbocycles. The Morgan fingerprint density at radius 1 is 1.50 bits per heavy atom. The summed E-state index contributed by atoms with van der Waals surface area (Å²) in [5, 5.41) is 8.11. The maximum atomic E-state index is 6.09. The molecule has 3 rings (SSSR count). The maximum Gasteiger partial charge on any atom is 0.0893 e. The lowest BCUT2D eigenvalue weighted by atomic mass is 9.88. The van der Waals surface area contributed by atoms with Gasteiger partial charge in [0.2, 0.25) is 0 Å². The van der Waals surface area contributed by atoms with Crippen LogP contribution < -0.4 is 5.32 Å². The number of ether oxygens (including phenoxy) is 1. The number of morpholine rings is 1. The van der Waals surface area contributed by atoms with Crippen molar-refractivity contribution in [3.8, 4) is 0 Å². The van der Waals surface area contributed by atoms with Crippen LogP contribution in [0, 0.1) is 0 Å². The number of aryl methyl sites for hydroxylation is 1. The highest BCUT2D eigenvalue weighted by molar-refractivity contribution is 5.14. The van der Waals surface area contributed by atoms with Gasteiger partial charge in [-0.15, -0.1) is 0 Å². The van der Waals surface area contributed by atoms with Crippen LogP contribution in [0.3, 0.4) is 0 Å². The molecule has 1 spiro atoms. The van der Waals surface area contributed by atoms with Crippen LogP contribution >= 0.6 is 0 Å². The number of nitrogens with one attached hydrogen (secondary N) is 1. The fourth-order valence-corrected chi connectivity index (χ4v) is 3.09. The first-order valence-electron chi connectivity index (χ1n) is 6.17. The number of hydrogen-bond acceptors (Lipinski definition) is 3. The Labute approximate surface area is 96.0 Å². The quantitative estimate of drug-likeness (QED) is 0.779. The van der Waals surface area contributed by atoms with Crippen molar-refractivity contribution in [3.63, 3.8) is 0 Å². The average Bonchev–Trinajstić information content (AvgIpc) is 2.90. The minimum absolute atomic E-state index is 0.0204. The maximum absolute atomic E-state index is 6.09. The standard InChI is InChI=1S/C12H19N3O/c1-15-8-4-10(14-15)11-12(5-2-3-6-12)16-9-7-13-11/h4,8,11,13H,2-3,5-7,9H2,1H3. The topological polar surface area (TPSA) is 39.1 Å². The molecule has 2 aliphatic rings. The fourth-order valence-electron chi connectivity index (χ4n) is 3.09. The van der Waals surface area contributed by atoms with Gasteiger partial charge in [-0.05, 0) is 18.9 Å². The smallest absolute Gasteiger partial charge is 0.0893 e. The van der Waals surface area contributed by atoms with Crippen molar-refractivity contribution in [3.05, 3.63) is 18.0 Å². The lowest BCUT2D eigenvalue weighted by Crippen LogP contribution is -2.50. The van der Waals surface area contributed by atoms with E-state index < -0.39 is 0 Å². The predicted molar refractivity (Wildman–Crippen MR) is 61.1 cm³/mol. The molecular weight excluding hydrogens is 202 g/mol. The van der Waals surface area contributed by atoms with Crippen LogP contribution in [0.15, 0.2) is 12.3 Å². The molecule has 1 aromatic rings. The van der Waals surface area contributed by atoms with E-state index in [1.165, 1.54) is 25.7 Å². The summed E-state index contributed by atoms with van der Waals surface area (Å²) in [6, 6.07) is 2.39. The number of aromatic nitrogens is 2. The minimum Gasteiger partial charge on any atom is -0.372 e. The van der Waals surface area contributed by atoms with Gasteiger partial charge in [0.15, 0.2) is 0 Å². The van der Waals surface area contributed by atoms with E-state index in [4.69, 9.17) is 4.74 Å². The second kappa shape index (κ2) is 3.86. The third kappa shape index (κ3) is 1.57. The van der Waals surface area contributed by atoms with Gasteiger partial charge >= 0.3 is 0 Å². The fraction of sp³-hybridized carbons (Fsp3) is 0.750. The molecule has 0 amide bonds. The Morgan fingerprint density at radius 3 is 3.00 bits per heavy atom. The van der Waals surface area contributed by atoms with Crippen LogP contribution in [0.25, 0.3) is 0 Å². The molecule has 0 radical (unpaired) electrons. The van der Waals surface area contributed by atoms with Crippen LogP contribution in [0.4, 0.5) is 0 Å². The minimum atomic E-state index is 0.0204. The van der Waals surface area contributed by atoms with Crippen molar-refractivity contribution < 1.29 is 4.74 Å². The van der Waals surface area contributed by atoms with Crippen LogP contribution in [0.5, 0.6) is 0 Å². The van der Waals surface area contributed by atoms with Crippen molar-refractivity contribution >= 4 is 0 Å². The Morgan fingerprint density at radius 2 is 2.31 bits per heavy atom. The Kier molecular flexibility index (Phi) is 2.48. The molecule has 1 saturated heterocycles. The van der Waals surface area contributed by atoms with E-state index in [2.05, 4.69) is 16.5 Å². The normalized spacial score (nSPS) is 28.7. The summed E-state index contributed by atoms with van der Waals surface area (Å²) >= 11 is 0. The zero-order chi connectivity index (χ0) is 11.0. The van der Waals surface area contributed by atoms with E-state index in [0.29, 0.717) is 0 Å². The lowest BCUT2D eigenvalue weighted by molar-refractivity contribution is -0.0945. The summed E-state index contributed by atoms with van der Waals surface area (Å²) in [4.78, 5) is 0. The zero-order valence-corrected chi connectivity index (χ0v) is 9.78. The highest BCUT2D eigenvalue weighted by Gasteiger charge is 2.45. The Balaban J connectivity index is 1.91. The highest BCUT2D eigenvalue weighted by Crippen LogP contribution is 2.43. The van der Waals surface area contributed by atoms with Crippen LogP contribution in [-0.2, 0) is 11.8 Å². The highest BCUT2D eigenvalue weighted by atomic mass is 16.5. The molecule has 2 heterocycles. The Bertz CT molecular complexity index is 368. The van der Waals surface area contributed by atoms with Crippen LogP contribution in [0.1, 0.15) is 37.4 Å². The molecule has 1 N–H and O–H groups in total. The summed E-state index contributed by atoms with van der Waals surface area (Å²) in [6.45, 7) is 1.77.